The van der Waals surface area contributed by atoms with Crippen LogP contribution in [0.15, 0.2) is 0 Å². The maximum absolute atomic E-state index is 11.4. The van der Waals surface area contributed by atoms with Crippen LogP contribution in [0.1, 0.15) is 20.8 Å². The van der Waals surface area contributed by atoms with Gasteiger partial charge in [-0.2, -0.15) is 0 Å². The molecule has 4 heteroatoms. The molecule has 1 atom stereocenters. The summed E-state index contributed by atoms with van der Waals surface area (Å²) in [6, 6.07) is -0.530. The zero-order valence-electron chi connectivity index (χ0n) is 8.37. The van der Waals surface area contributed by atoms with Gasteiger partial charge in [-0.1, -0.05) is 13.8 Å². The number of hydrogen-bond donors (Lipinski definition) is 1. The van der Waals surface area contributed by atoms with Crippen molar-refractivity contribution in [3.8, 4) is 0 Å². The normalized spacial score (nSPS) is 22.2. The zero-order chi connectivity index (χ0) is 10.1. The number of esters is 1. The fraction of sp³-hybridized carbons (Fsp3) is 0.889. The van der Waals surface area contributed by atoms with Gasteiger partial charge in [0.05, 0.1) is 13.2 Å². The van der Waals surface area contributed by atoms with E-state index < -0.39 is 11.6 Å². The molecule has 13 heavy (non-hydrogen) atoms. The van der Waals surface area contributed by atoms with Crippen LogP contribution in [-0.4, -0.2) is 30.8 Å². The van der Waals surface area contributed by atoms with E-state index in [2.05, 4.69) is 0 Å². The highest BCUT2D eigenvalue weighted by atomic mass is 16.6. The Morgan fingerprint density at radius 2 is 2.08 bits per heavy atom. The van der Waals surface area contributed by atoms with Crippen molar-refractivity contribution < 1.29 is 14.3 Å². The number of carbonyl (C=O) groups excluding carboxylic acids is 1. The van der Waals surface area contributed by atoms with E-state index in [-0.39, 0.29) is 11.9 Å². The van der Waals surface area contributed by atoms with Crippen molar-refractivity contribution >= 4 is 5.97 Å². The molecule has 1 rings (SSSR count). The quantitative estimate of drug-likeness (QED) is 0.645. The standard InChI is InChI=1S/C9H17NO3/c1-6(2)7(10)8(11)13-9(3)4-12-5-9/h6-7H,4-5,10H2,1-3H3/t7-/m0/s1. The van der Waals surface area contributed by atoms with E-state index in [0.29, 0.717) is 13.2 Å². The lowest BCUT2D eigenvalue weighted by Crippen LogP contribution is -2.53. The van der Waals surface area contributed by atoms with Crippen molar-refractivity contribution in [2.75, 3.05) is 13.2 Å². The highest BCUT2D eigenvalue weighted by Crippen LogP contribution is 2.21. The summed E-state index contributed by atoms with van der Waals surface area (Å²) in [4.78, 5) is 11.4. The second kappa shape index (κ2) is 3.64. The maximum atomic E-state index is 11.4. The second-order valence-corrected chi connectivity index (χ2v) is 4.13. The lowest BCUT2D eigenvalue weighted by Gasteiger charge is -2.38. The summed E-state index contributed by atoms with van der Waals surface area (Å²) in [6.07, 6.45) is 0. The van der Waals surface area contributed by atoms with E-state index in [1.807, 2.05) is 20.8 Å². The van der Waals surface area contributed by atoms with Crippen molar-refractivity contribution in [3.05, 3.63) is 0 Å². The number of rotatable bonds is 3. The first-order chi connectivity index (χ1) is 5.94. The molecule has 0 radical (unpaired) electrons. The Morgan fingerprint density at radius 1 is 1.54 bits per heavy atom. The van der Waals surface area contributed by atoms with E-state index in [9.17, 15) is 4.79 Å². The Morgan fingerprint density at radius 3 is 2.38 bits per heavy atom. The van der Waals surface area contributed by atoms with Gasteiger partial charge < -0.3 is 15.2 Å². The maximum Gasteiger partial charge on any atom is 0.323 e. The lowest BCUT2D eigenvalue weighted by molar-refractivity contribution is -0.208. The fourth-order valence-corrected chi connectivity index (χ4v) is 1.03. The number of hydrogen-bond acceptors (Lipinski definition) is 4. The lowest BCUT2D eigenvalue weighted by atomic mass is 10.0. The van der Waals surface area contributed by atoms with Crippen LogP contribution in [0.25, 0.3) is 0 Å². The molecule has 0 bridgehead atoms. The molecule has 0 unspecified atom stereocenters. The minimum atomic E-state index is -0.530. The minimum Gasteiger partial charge on any atom is -0.453 e. The van der Waals surface area contributed by atoms with Crippen LogP contribution in [0.5, 0.6) is 0 Å². The molecule has 0 spiro atoms. The molecule has 1 aliphatic heterocycles. The third-order valence-electron chi connectivity index (χ3n) is 2.15. The van der Waals surface area contributed by atoms with Gasteiger partial charge in [-0.3, -0.25) is 4.79 Å². The van der Waals surface area contributed by atoms with E-state index in [1.165, 1.54) is 0 Å². The molecule has 0 saturated carbocycles. The number of ether oxygens (including phenoxy) is 2. The molecule has 1 heterocycles. The summed E-state index contributed by atoms with van der Waals surface area (Å²) in [5, 5.41) is 0. The van der Waals surface area contributed by atoms with Crippen LogP contribution < -0.4 is 5.73 Å². The van der Waals surface area contributed by atoms with Crippen molar-refractivity contribution in [1.82, 2.24) is 0 Å². The predicted octanol–water partition coefficient (Wildman–Crippen LogP) is 0.302. The summed E-state index contributed by atoms with van der Waals surface area (Å²) < 4.78 is 10.2. The van der Waals surface area contributed by atoms with Crippen molar-refractivity contribution in [1.29, 1.82) is 0 Å². The van der Waals surface area contributed by atoms with Gasteiger partial charge >= 0.3 is 5.97 Å². The Bertz CT molecular complexity index is 199. The molecule has 76 valence electrons. The Labute approximate surface area is 78.4 Å². The molecule has 0 aromatic heterocycles. The third-order valence-corrected chi connectivity index (χ3v) is 2.15. The van der Waals surface area contributed by atoms with E-state index in [1.54, 1.807) is 0 Å². The molecule has 1 fully saturated rings. The Hall–Kier alpha value is -0.610. The topological polar surface area (TPSA) is 61.6 Å². The summed E-state index contributed by atoms with van der Waals surface area (Å²) in [5.74, 6) is -0.224. The monoisotopic (exact) mass is 187 g/mol. The van der Waals surface area contributed by atoms with Gasteiger partial charge in [0.15, 0.2) is 5.60 Å². The molecule has 0 aromatic carbocycles. The predicted molar refractivity (Wildman–Crippen MR) is 48.1 cm³/mol. The first-order valence-electron chi connectivity index (χ1n) is 4.51. The van der Waals surface area contributed by atoms with E-state index in [0.717, 1.165) is 0 Å². The molecule has 4 nitrogen and oxygen atoms in total. The average Bonchev–Trinajstić information content (AvgIpc) is 1.99. The Balaban J connectivity index is 2.40. The van der Waals surface area contributed by atoms with Gasteiger partial charge in [-0.25, -0.2) is 0 Å². The first kappa shape index (κ1) is 10.5. The second-order valence-electron chi connectivity index (χ2n) is 4.13. The van der Waals surface area contributed by atoms with Crippen LogP contribution in [0, 0.1) is 5.92 Å². The molecule has 1 saturated heterocycles. The first-order valence-corrected chi connectivity index (χ1v) is 4.51. The largest absolute Gasteiger partial charge is 0.453 e. The van der Waals surface area contributed by atoms with Crippen LogP contribution >= 0.6 is 0 Å². The zero-order valence-corrected chi connectivity index (χ0v) is 8.37. The van der Waals surface area contributed by atoms with Gasteiger partial charge in [-0.15, -0.1) is 0 Å². The number of nitrogens with two attached hydrogens (primary N) is 1. The van der Waals surface area contributed by atoms with Gasteiger partial charge in [0.25, 0.3) is 0 Å². The van der Waals surface area contributed by atoms with Crippen molar-refractivity contribution in [2.45, 2.75) is 32.4 Å². The number of carbonyl (C=O) groups is 1. The summed E-state index contributed by atoms with van der Waals surface area (Å²) >= 11 is 0. The highest BCUT2D eigenvalue weighted by Gasteiger charge is 2.38. The smallest absolute Gasteiger partial charge is 0.323 e. The van der Waals surface area contributed by atoms with E-state index in [4.69, 9.17) is 15.2 Å². The van der Waals surface area contributed by atoms with Crippen molar-refractivity contribution in [3.63, 3.8) is 0 Å². The molecule has 0 aromatic rings. The Kier molecular flexibility index (Phi) is 2.93. The summed E-state index contributed by atoms with van der Waals surface area (Å²) in [6.45, 7) is 6.59. The van der Waals surface area contributed by atoms with Crippen LogP contribution in [0.4, 0.5) is 0 Å². The fourth-order valence-electron chi connectivity index (χ4n) is 1.03. The minimum absolute atomic E-state index is 0.108. The van der Waals surface area contributed by atoms with Gasteiger partial charge in [0.1, 0.15) is 6.04 Å². The average molecular weight is 187 g/mol. The van der Waals surface area contributed by atoms with Crippen LogP contribution in [0.2, 0.25) is 0 Å². The molecular formula is C9H17NO3. The molecular weight excluding hydrogens is 170 g/mol. The van der Waals surface area contributed by atoms with Gasteiger partial charge in [0, 0.05) is 0 Å². The third kappa shape index (κ3) is 2.42. The molecule has 1 aliphatic rings. The van der Waals surface area contributed by atoms with Crippen LogP contribution in [0.3, 0.4) is 0 Å². The summed E-state index contributed by atoms with van der Waals surface area (Å²) in [5.41, 5.74) is 5.19. The SMILES string of the molecule is CC(C)[C@H](N)C(=O)OC1(C)COC1. The van der Waals surface area contributed by atoms with Gasteiger partial charge in [-0.05, 0) is 12.8 Å². The highest BCUT2D eigenvalue weighted by molar-refractivity contribution is 5.76. The van der Waals surface area contributed by atoms with Gasteiger partial charge in [0.2, 0.25) is 0 Å². The van der Waals surface area contributed by atoms with Crippen molar-refractivity contribution in [2.24, 2.45) is 11.7 Å². The van der Waals surface area contributed by atoms with Crippen LogP contribution in [-0.2, 0) is 14.3 Å². The molecule has 0 aliphatic carbocycles. The molecule has 2 N–H and O–H groups in total. The van der Waals surface area contributed by atoms with E-state index >= 15 is 0 Å². The summed E-state index contributed by atoms with van der Waals surface area (Å²) in [7, 11) is 0. The molecule has 0 amide bonds.